The van der Waals surface area contributed by atoms with Gasteiger partial charge in [0, 0.05) is 38.8 Å². The molecule has 0 bridgehead atoms. The Bertz CT molecular complexity index is 336. The first-order valence-electron chi connectivity index (χ1n) is 7.66. The van der Waals surface area contributed by atoms with Crippen LogP contribution < -0.4 is 5.32 Å². The molecule has 3 fully saturated rings. The number of rotatable bonds is 3. The lowest BCUT2D eigenvalue weighted by Crippen LogP contribution is -2.56. The summed E-state index contributed by atoms with van der Waals surface area (Å²) in [5.41, 5.74) is -0.407. The van der Waals surface area contributed by atoms with Crippen molar-refractivity contribution in [3.63, 3.8) is 0 Å². The Labute approximate surface area is 114 Å². The minimum absolute atomic E-state index is 0.113. The molecule has 2 aliphatic heterocycles. The summed E-state index contributed by atoms with van der Waals surface area (Å²) in [5, 5.41) is 13.1. The maximum absolute atomic E-state index is 11.8. The van der Waals surface area contributed by atoms with E-state index in [0.717, 1.165) is 64.8 Å². The highest BCUT2D eigenvalue weighted by Crippen LogP contribution is 2.33. The highest BCUT2D eigenvalue weighted by atomic mass is 16.3. The van der Waals surface area contributed by atoms with Gasteiger partial charge in [-0.15, -0.1) is 0 Å². The molecule has 19 heavy (non-hydrogen) atoms. The maximum Gasteiger partial charge on any atom is 0.317 e. The molecule has 108 valence electrons. The second kappa shape index (κ2) is 5.29. The average molecular weight is 267 g/mol. The molecule has 0 aromatic heterocycles. The van der Waals surface area contributed by atoms with Gasteiger partial charge in [-0.05, 0) is 38.5 Å². The van der Waals surface area contributed by atoms with Crippen molar-refractivity contribution >= 4 is 6.03 Å². The summed E-state index contributed by atoms with van der Waals surface area (Å²) in [6, 6.07) is 0.509. The van der Waals surface area contributed by atoms with E-state index in [1.54, 1.807) is 0 Å². The molecule has 0 spiro atoms. The summed E-state index contributed by atoms with van der Waals surface area (Å²) in [4.78, 5) is 16.2. The van der Waals surface area contributed by atoms with Crippen LogP contribution in [-0.2, 0) is 0 Å². The Morgan fingerprint density at radius 3 is 2.53 bits per heavy atom. The molecule has 1 aliphatic carbocycles. The van der Waals surface area contributed by atoms with Crippen molar-refractivity contribution in [3.05, 3.63) is 0 Å². The van der Waals surface area contributed by atoms with Gasteiger partial charge in [0.2, 0.25) is 0 Å². The average Bonchev–Trinajstić information content (AvgIpc) is 2.39. The molecule has 0 radical (unpaired) electrons. The molecule has 2 saturated heterocycles. The van der Waals surface area contributed by atoms with Crippen LogP contribution in [0.15, 0.2) is 0 Å². The zero-order valence-electron chi connectivity index (χ0n) is 11.6. The van der Waals surface area contributed by atoms with Gasteiger partial charge in [-0.3, -0.25) is 0 Å². The highest BCUT2D eigenvalue weighted by molar-refractivity contribution is 5.75. The van der Waals surface area contributed by atoms with Crippen LogP contribution in [0, 0.1) is 0 Å². The summed E-state index contributed by atoms with van der Waals surface area (Å²) in [6.07, 6.45) is 6.24. The Morgan fingerprint density at radius 1 is 1.21 bits per heavy atom. The van der Waals surface area contributed by atoms with Crippen molar-refractivity contribution in [2.24, 2.45) is 0 Å². The fraction of sp³-hybridized carbons (Fsp3) is 0.929. The van der Waals surface area contributed by atoms with Crippen LogP contribution in [0.3, 0.4) is 0 Å². The zero-order chi connectivity index (χ0) is 13.3. The SMILES string of the molecule is O=C1NCCCN1C1CCN(CC2(O)CCC2)CC1. The van der Waals surface area contributed by atoms with Gasteiger partial charge >= 0.3 is 6.03 Å². The number of nitrogens with one attached hydrogen (secondary N) is 1. The number of amides is 2. The predicted molar refractivity (Wildman–Crippen MR) is 73.0 cm³/mol. The molecular weight excluding hydrogens is 242 g/mol. The van der Waals surface area contributed by atoms with Crippen molar-refractivity contribution in [1.29, 1.82) is 0 Å². The molecule has 1 saturated carbocycles. The monoisotopic (exact) mass is 267 g/mol. The first-order chi connectivity index (χ1) is 9.16. The van der Waals surface area contributed by atoms with E-state index in [1.165, 1.54) is 6.42 Å². The van der Waals surface area contributed by atoms with Gasteiger partial charge in [0.05, 0.1) is 5.60 Å². The Hall–Kier alpha value is -0.810. The molecule has 2 amide bonds. The fourth-order valence-corrected chi connectivity index (χ4v) is 3.54. The van der Waals surface area contributed by atoms with Crippen LogP contribution in [0.1, 0.15) is 38.5 Å². The molecule has 0 aromatic rings. The number of β-amino-alcohol motifs (C(OH)–C–C–N with tert-alkyl or cyclic N) is 1. The van der Waals surface area contributed by atoms with E-state index in [4.69, 9.17) is 0 Å². The lowest BCUT2D eigenvalue weighted by Gasteiger charge is -2.44. The lowest BCUT2D eigenvalue weighted by atomic mass is 9.79. The van der Waals surface area contributed by atoms with E-state index >= 15 is 0 Å². The van der Waals surface area contributed by atoms with Gasteiger partial charge in [0.25, 0.3) is 0 Å². The standard InChI is InChI=1S/C14H25N3O2/c18-13-15-7-2-8-17(13)12-3-9-16(10-4-12)11-14(19)5-1-6-14/h12,19H,1-11H2,(H,15,18). The minimum atomic E-state index is -0.407. The second-order valence-corrected chi connectivity index (χ2v) is 6.36. The number of carbonyl (C=O) groups excluding carboxylic acids is 1. The number of aliphatic hydroxyl groups is 1. The number of likely N-dealkylation sites (tertiary alicyclic amines) is 1. The van der Waals surface area contributed by atoms with Crippen molar-refractivity contribution in [1.82, 2.24) is 15.1 Å². The smallest absolute Gasteiger partial charge is 0.317 e. The topological polar surface area (TPSA) is 55.8 Å². The van der Waals surface area contributed by atoms with Gasteiger partial charge in [-0.1, -0.05) is 0 Å². The molecule has 0 aromatic carbocycles. The lowest BCUT2D eigenvalue weighted by molar-refractivity contribution is -0.0644. The van der Waals surface area contributed by atoms with E-state index in [2.05, 4.69) is 10.2 Å². The minimum Gasteiger partial charge on any atom is -0.389 e. The number of piperidine rings is 1. The number of nitrogens with zero attached hydrogens (tertiary/aromatic N) is 2. The molecule has 2 N–H and O–H groups in total. The van der Waals surface area contributed by atoms with Crippen LogP contribution in [0.5, 0.6) is 0 Å². The summed E-state index contributed by atoms with van der Waals surface area (Å²) < 4.78 is 0. The Balaban J connectivity index is 1.47. The summed E-state index contributed by atoms with van der Waals surface area (Å²) in [6.45, 7) is 4.57. The van der Waals surface area contributed by atoms with E-state index in [9.17, 15) is 9.90 Å². The first-order valence-corrected chi connectivity index (χ1v) is 7.66. The normalized spacial score (nSPS) is 28.9. The third kappa shape index (κ3) is 2.87. The van der Waals surface area contributed by atoms with Crippen LogP contribution in [0.2, 0.25) is 0 Å². The van der Waals surface area contributed by atoms with Crippen LogP contribution in [0.4, 0.5) is 4.79 Å². The quantitative estimate of drug-likeness (QED) is 0.794. The van der Waals surface area contributed by atoms with E-state index < -0.39 is 5.60 Å². The molecular formula is C14H25N3O2. The van der Waals surface area contributed by atoms with Crippen LogP contribution in [0.25, 0.3) is 0 Å². The van der Waals surface area contributed by atoms with E-state index in [0.29, 0.717) is 6.04 Å². The third-order valence-electron chi connectivity index (χ3n) is 4.91. The van der Waals surface area contributed by atoms with E-state index in [1.807, 2.05) is 4.90 Å². The van der Waals surface area contributed by atoms with Gasteiger partial charge in [-0.25, -0.2) is 4.79 Å². The zero-order valence-corrected chi connectivity index (χ0v) is 11.6. The maximum atomic E-state index is 11.8. The van der Waals surface area contributed by atoms with Gasteiger partial charge < -0.3 is 20.2 Å². The third-order valence-corrected chi connectivity index (χ3v) is 4.91. The number of carbonyl (C=O) groups is 1. The van der Waals surface area contributed by atoms with Crippen molar-refractivity contribution in [2.45, 2.75) is 50.2 Å². The van der Waals surface area contributed by atoms with Gasteiger partial charge in [0.1, 0.15) is 0 Å². The molecule has 5 heteroatoms. The Kier molecular flexibility index (Phi) is 3.67. The largest absolute Gasteiger partial charge is 0.389 e. The molecule has 0 unspecified atom stereocenters. The molecule has 5 nitrogen and oxygen atoms in total. The number of hydrogen-bond acceptors (Lipinski definition) is 3. The molecule has 3 aliphatic rings. The molecule has 3 rings (SSSR count). The van der Waals surface area contributed by atoms with Crippen molar-refractivity contribution < 1.29 is 9.90 Å². The fourth-order valence-electron chi connectivity index (χ4n) is 3.54. The van der Waals surface area contributed by atoms with Gasteiger partial charge in [-0.2, -0.15) is 0 Å². The Morgan fingerprint density at radius 2 is 1.95 bits per heavy atom. The summed E-state index contributed by atoms with van der Waals surface area (Å²) in [5.74, 6) is 0. The van der Waals surface area contributed by atoms with E-state index in [-0.39, 0.29) is 6.03 Å². The summed E-state index contributed by atoms with van der Waals surface area (Å²) in [7, 11) is 0. The second-order valence-electron chi connectivity index (χ2n) is 6.36. The first kappa shape index (κ1) is 13.2. The summed E-state index contributed by atoms with van der Waals surface area (Å²) >= 11 is 0. The van der Waals surface area contributed by atoms with Crippen LogP contribution in [-0.4, -0.2) is 65.3 Å². The van der Waals surface area contributed by atoms with Crippen molar-refractivity contribution in [3.8, 4) is 0 Å². The highest BCUT2D eigenvalue weighted by Gasteiger charge is 2.37. The van der Waals surface area contributed by atoms with Gasteiger partial charge in [0.15, 0.2) is 0 Å². The van der Waals surface area contributed by atoms with Crippen molar-refractivity contribution in [2.75, 3.05) is 32.7 Å². The number of hydrogen-bond donors (Lipinski definition) is 2. The number of urea groups is 1. The predicted octanol–water partition coefficient (Wildman–Crippen LogP) is 0.781. The molecule has 0 atom stereocenters. The van der Waals surface area contributed by atoms with Crippen LogP contribution >= 0.6 is 0 Å². The molecule has 2 heterocycles.